The van der Waals surface area contributed by atoms with Crippen molar-refractivity contribution in [1.82, 2.24) is 0 Å². The maximum atomic E-state index is 13.2. The molecule has 2 rings (SSSR count). The van der Waals surface area contributed by atoms with E-state index in [1.165, 1.54) is 12.1 Å². The summed E-state index contributed by atoms with van der Waals surface area (Å²) in [5.74, 6) is 0.130. The van der Waals surface area contributed by atoms with Gasteiger partial charge in [-0.2, -0.15) is 0 Å². The average molecular weight is 354 g/mol. The molecule has 0 amide bonds. The van der Waals surface area contributed by atoms with Crippen LogP contribution in [0.4, 0.5) is 4.39 Å². The SMILES string of the molecule is COCCOC1C(Cl)CC1Oc1cc(F)ccc1Br. The molecule has 0 heterocycles. The van der Waals surface area contributed by atoms with Crippen LogP contribution in [0, 0.1) is 5.82 Å². The average Bonchev–Trinajstić information content (AvgIpc) is 2.38. The molecule has 1 aromatic rings. The Bertz CT molecular complexity index is 432. The highest BCUT2D eigenvalue weighted by molar-refractivity contribution is 9.10. The van der Waals surface area contributed by atoms with E-state index in [1.807, 2.05) is 0 Å². The number of halogens is 3. The van der Waals surface area contributed by atoms with Gasteiger partial charge in [0.25, 0.3) is 0 Å². The normalized spacial score (nSPS) is 26.0. The largest absolute Gasteiger partial charge is 0.486 e. The van der Waals surface area contributed by atoms with Crippen LogP contribution < -0.4 is 4.74 Å². The van der Waals surface area contributed by atoms with E-state index in [1.54, 1.807) is 13.2 Å². The third-order valence-corrected chi connectivity index (χ3v) is 4.03. The van der Waals surface area contributed by atoms with Crippen LogP contribution in [0.2, 0.25) is 0 Å². The highest BCUT2D eigenvalue weighted by atomic mass is 79.9. The summed E-state index contributed by atoms with van der Waals surface area (Å²) < 4.78 is 30.1. The maximum Gasteiger partial charge on any atom is 0.136 e. The molecule has 3 atom stereocenters. The molecule has 0 aromatic heterocycles. The van der Waals surface area contributed by atoms with Crippen LogP contribution in [0.1, 0.15) is 6.42 Å². The first-order valence-electron chi connectivity index (χ1n) is 5.98. The zero-order chi connectivity index (χ0) is 13.8. The minimum absolute atomic E-state index is 0.0748. The van der Waals surface area contributed by atoms with Crippen LogP contribution in [0.25, 0.3) is 0 Å². The number of hydrogen-bond donors (Lipinski definition) is 0. The lowest BCUT2D eigenvalue weighted by atomic mass is 9.91. The summed E-state index contributed by atoms with van der Waals surface area (Å²) in [6, 6.07) is 4.33. The van der Waals surface area contributed by atoms with Crippen LogP contribution in [-0.2, 0) is 9.47 Å². The summed E-state index contributed by atoms with van der Waals surface area (Å²) in [5, 5.41) is -0.0748. The Morgan fingerprint density at radius 2 is 2.21 bits per heavy atom. The number of alkyl halides is 1. The van der Waals surface area contributed by atoms with Crippen molar-refractivity contribution in [3.63, 3.8) is 0 Å². The van der Waals surface area contributed by atoms with Gasteiger partial charge < -0.3 is 14.2 Å². The van der Waals surface area contributed by atoms with Crippen molar-refractivity contribution < 1.29 is 18.6 Å². The van der Waals surface area contributed by atoms with Gasteiger partial charge in [-0.05, 0) is 28.1 Å². The monoisotopic (exact) mass is 352 g/mol. The van der Waals surface area contributed by atoms with Crippen LogP contribution in [0.3, 0.4) is 0 Å². The number of benzene rings is 1. The van der Waals surface area contributed by atoms with Crippen LogP contribution in [-0.4, -0.2) is 37.9 Å². The Hall–Kier alpha value is -0.360. The molecular weight excluding hydrogens is 338 g/mol. The Balaban J connectivity index is 1.93. The molecule has 1 saturated carbocycles. The molecule has 1 aromatic carbocycles. The predicted octanol–water partition coefficient (Wildman–Crippen LogP) is 3.38. The second-order valence-electron chi connectivity index (χ2n) is 4.31. The second kappa shape index (κ2) is 6.88. The number of ether oxygens (including phenoxy) is 3. The number of methoxy groups -OCH3 is 1. The molecule has 6 heteroatoms. The zero-order valence-corrected chi connectivity index (χ0v) is 12.8. The quantitative estimate of drug-likeness (QED) is 0.580. The van der Waals surface area contributed by atoms with Crippen molar-refractivity contribution in [2.45, 2.75) is 24.0 Å². The molecule has 0 spiro atoms. The molecule has 1 aliphatic carbocycles. The zero-order valence-electron chi connectivity index (χ0n) is 10.4. The summed E-state index contributed by atoms with van der Waals surface area (Å²) in [7, 11) is 1.61. The van der Waals surface area contributed by atoms with Gasteiger partial charge in [0.2, 0.25) is 0 Å². The molecular formula is C13H15BrClFO3. The Labute approximate surface area is 125 Å². The van der Waals surface area contributed by atoms with Gasteiger partial charge in [0.05, 0.1) is 23.1 Å². The lowest BCUT2D eigenvalue weighted by molar-refractivity contribution is -0.0901. The molecule has 1 fully saturated rings. The van der Waals surface area contributed by atoms with Gasteiger partial charge in [0.1, 0.15) is 23.8 Å². The lowest BCUT2D eigenvalue weighted by Crippen LogP contribution is -2.53. The third kappa shape index (κ3) is 3.81. The predicted molar refractivity (Wildman–Crippen MR) is 74.4 cm³/mol. The highest BCUT2D eigenvalue weighted by Gasteiger charge is 2.43. The lowest BCUT2D eigenvalue weighted by Gasteiger charge is -2.40. The maximum absolute atomic E-state index is 13.2. The van der Waals surface area contributed by atoms with E-state index in [-0.39, 0.29) is 23.4 Å². The van der Waals surface area contributed by atoms with Crippen LogP contribution >= 0.6 is 27.5 Å². The standard InChI is InChI=1S/C13H15BrClFO3/c1-17-4-5-18-13-10(15)7-12(13)19-11-6-8(16)2-3-9(11)14/h2-3,6,10,12-13H,4-5,7H2,1H3. The minimum atomic E-state index is -0.336. The molecule has 0 radical (unpaired) electrons. The van der Waals surface area contributed by atoms with E-state index in [0.29, 0.717) is 29.9 Å². The number of hydrogen-bond acceptors (Lipinski definition) is 3. The smallest absolute Gasteiger partial charge is 0.136 e. The summed E-state index contributed by atoms with van der Waals surface area (Å²) >= 11 is 9.42. The van der Waals surface area contributed by atoms with E-state index in [2.05, 4.69) is 15.9 Å². The highest BCUT2D eigenvalue weighted by Crippen LogP contribution is 2.35. The summed E-state index contributed by atoms with van der Waals surface area (Å²) in [6.07, 6.45) is 0.340. The van der Waals surface area contributed by atoms with E-state index >= 15 is 0 Å². The molecule has 3 unspecified atom stereocenters. The van der Waals surface area contributed by atoms with Gasteiger partial charge in [0, 0.05) is 19.6 Å². The van der Waals surface area contributed by atoms with Gasteiger partial charge in [-0.3, -0.25) is 0 Å². The van der Waals surface area contributed by atoms with Gasteiger partial charge in [-0.15, -0.1) is 11.6 Å². The fourth-order valence-corrected chi connectivity index (χ4v) is 2.60. The first kappa shape index (κ1) is 15.0. The summed E-state index contributed by atoms with van der Waals surface area (Å²) in [5.41, 5.74) is 0. The fraction of sp³-hybridized carbons (Fsp3) is 0.538. The van der Waals surface area contributed by atoms with E-state index in [4.69, 9.17) is 25.8 Å². The van der Waals surface area contributed by atoms with Crippen molar-refractivity contribution in [2.24, 2.45) is 0 Å². The summed E-state index contributed by atoms with van der Waals surface area (Å²) in [6.45, 7) is 0.977. The number of rotatable bonds is 6. The Morgan fingerprint density at radius 1 is 1.42 bits per heavy atom. The van der Waals surface area contributed by atoms with Crippen molar-refractivity contribution in [3.8, 4) is 5.75 Å². The Morgan fingerprint density at radius 3 is 2.89 bits per heavy atom. The first-order chi connectivity index (χ1) is 9.11. The van der Waals surface area contributed by atoms with Crippen molar-refractivity contribution >= 4 is 27.5 Å². The molecule has 0 aliphatic heterocycles. The molecule has 0 bridgehead atoms. The van der Waals surface area contributed by atoms with Gasteiger partial charge in [0.15, 0.2) is 0 Å². The van der Waals surface area contributed by atoms with Crippen molar-refractivity contribution in [2.75, 3.05) is 20.3 Å². The summed E-state index contributed by atoms with van der Waals surface area (Å²) in [4.78, 5) is 0. The fourth-order valence-electron chi connectivity index (χ4n) is 1.85. The first-order valence-corrected chi connectivity index (χ1v) is 7.21. The minimum Gasteiger partial charge on any atom is -0.486 e. The van der Waals surface area contributed by atoms with Gasteiger partial charge in [-0.1, -0.05) is 0 Å². The topological polar surface area (TPSA) is 27.7 Å². The van der Waals surface area contributed by atoms with Crippen molar-refractivity contribution in [1.29, 1.82) is 0 Å². The van der Waals surface area contributed by atoms with Crippen molar-refractivity contribution in [3.05, 3.63) is 28.5 Å². The molecule has 0 N–H and O–H groups in total. The van der Waals surface area contributed by atoms with Gasteiger partial charge in [-0.25, -0.2) is 4.39 Å². The van der Waals surface area contributed by atoms with Gasteiger partial charge >= 0.3 is 0 Å². The second-order valence-corrected chi connectivity index (χ2v) is 5.73. The van der Waals surface area contributed by atoms with Crippen LogP contribution in [0.5, 0.6) is 5.75 Å². The van der Waals surface area contributed by atoms with E-state index in [0.717, 1.165) is 0 Å². The molecule has 106 valence electrons. The molecule has 0 saturated heterocycles. The molecule has 1 aliphatic rings. The Kier molecular flexibility index (Phi) is 5.45. The molecule has 19 heavy (non-hydrogen) atoms. The third-order valence-electron chi connectivity index (χ3n) is 2.95. The van der Waals surface area contributed by atoms with E-state index in [9.17, 15) is 4.39 Å². The van der Waals surface area contributed by atoms with Crippen LogP contribution in [0.15, 0.2) is 22.7 Å². The van der Waals surface area contributed by atoms with E-state index < -0.39 is 0 Å². The molecule has 3 nitrogen and oxygen atoms in total.